The van der Waals surface area contributed by atoms with E-state index in [1.54, 1.807) is 17.0 Å². The van der Waals surface area contributed by atoms with Gasteiger partial charge >= 0.3 is 0 Å². The number of aromatic nitrogens is 1. The number of benzene rings is 3. The molecule has 0 aliphatic carbocycles. The standard InChI is InChI=1S/C27H24FN3O2/c28-20-11-9-17(10-12-20)26-22(21-7-3-4-8-23(21)30-26)13-14-25(32)31-16-19-6-2-1-5-18(19)15-24(31)27(29)33/h1-12,24,30H,13-16H2,(H2,29,33)/t24-/m1/s1. The van der Waals surface area contributed by atoms with Crippen LogP contribution in [0.3, 0.4) is 0 Å². The summed E-state index contributed by atoms with van der Waals surface area (Å²) >= 11 is 0. The maximum Gasteiger partial charge on any atom is 0.240 e. The largest absolute Gasteiger partial charge is 0.368 e. The summed E-state index contributed by atoms with van der Waals surface area (Å²) in [5.41, 5.74) is 11.5. The number of hydrogen-bond donors (Lipinski definition) is 2. The Balaban J connectivity index is 1.44. The maximum absolute atomic E-state index is 13.5. The first-order valence-corrected chi connectivity index (χ1v) is 11.0. The molecular weight excluding hydrogens is 417 g/mol. The van der Waals surface area contributed by atoms with Crippen LogP contribution in [0.15, 0.2) is 72.8 Å². The van der Waals surface area contributed by atoms with Gasteiger partial charge in [-0.2, -0.15) is 0 Å². The molecule has 0 fully saturated rings. The zero-order valence-electron chi connectivity index (χ0n) is 18.1. The first kappa shape index (κ1) is 20.9. The molecule has 2 amide bonds. The molecule has 166 valence electrons. The van der Waals surface area contributed by atoms with Crippen LogP contribution in [0.25, 0.3) is 22.2 Å². The van der Waals surface area contributed by atoms with E-state index >= 15 is 0 Å². The van der Waals surface area contributed by atoms with Crippen molar-refractivity contribution in [2.45, 2.75) is 31.8 Å². The Bertz CT molecular complexity index is 1340. The second kappa shape index (κ2) is 8.54. The summed E-state index contributed by atoms with van der Waals surface area (Å²) in [4.78, 5) is 30.5. The highest BCUT2D eigenvalue weighted by Gasteiger charge is 2.33. The Kier molecular flexibility index (Phi) is 5.42. The van der Waals surface area contributed by atoms with E-state index in [1.807, 2.05) is 48.5 Å². The third-order valence-electron chi connectivity index (χ3n) is 6.43. The molecule has 3 aromatic carbocycles. The van der Waals surface area contributed by atoms with E-state index in [-0.39, 0.29) is 18.1 Å². The molecule has 0 saturated carbocycles. The average molecular weight is 442 g/mol. The van der Waals surface area contributed by atoms with Gasteiger partial charge in [-0.15, -0.1) is 0 Å². The van der Waals surface area contributed by atoms with Gasteiger partial charge < -0.3 is 15.6 Å². The van der Waals surface area contributed by atoms with Gasteiger partial charge in [0.15, 0.2) is 0 Å². The minimum atomic E-state index is -0.646. The van der Waals surface area contributed by atoms with Gasteiger partial charge in [0.25, 0.3) is 0 Å². The van der Waals surface area contributed by atoms with Crippen LogP contribution >= 0.6 is 0 Å². The van der Waals surface area contributed by atoms with Crippen LogP contribution in [-0.4, -0.2) is 27.7 Å². The lowest BCUT2D eigenvalue weighted by atomic mass is 9.93. The van der Waals surface area contributed by atoms with Gasteiger partial charge in [0.2, 0.25) is 11.8 Å². The van der Waals surface area contributed by atoms with E-state index in [9.17, 15) is 14.0 Å². The molecule has 1 aliphatic heterocycles. The molecule has 0 unspecified atom stereocenters. The number of hydrogen-bond acceptors (Lipinski definition) is 2. The lowest BCUT2D eigenvalue weighted by Gasteiger charge is -2.35. The summed E-state index contributed by atoms with van der Waals surface area (Å²) in [5.74, 6) is -0.893. The molecule has 6 heteroatoms. The summed E-state index contributed by atoms with van der Waals surface area (Å²) in [6, 6.07) is 21.4. The van der Waals surface area contributed by atoms with Gasteiger partial charge in [-0.1, -0.05) is 42.5 Å². The molecular formula is C27H24FN3O2. The van der Waals surface area contributed by atoms with Gasteiger partial charge in [-0.25, -0.2) is 4.39 Å². The van der Waals surface area contributed by atoms with Crippen LogP contribution in [0, 0.1) is 5.82 Å². The van der Waals surface area contributed by atoms with Gasteiger partial charge in [0, 0.05) is 36.0 Å². The van der Waals surface area contributed by atoms with E-state index in [0.29, 0.717) is 19.4 Å². The zero-order chi connectivity index (χ0) is 22.9. The number of primary amides is 1. The number of amides is 2. The van der Waals surface area contributed by atoms with Crippen molar-refractivity contribution in [3.8, 4) is 11.3 Å². The smallest absolute Gasteiger partial charge is 0.240 e. The Morgan fingerprint density at radius 3 is 2.42 bits per heavy atom. The highest BCUT2D eigenvalue weighted by Crippen LogP contribution is 2.32. The minimum absolute atomic E-state index is 0.108. The molecule has 1 aromatic heterocycles. The Labute approximate surface area is 191 Å². The first-order valence-electron chi connectivity index (χ1n) is 11.0. The number of carbonyl (C=O) groups is 2. The van der Waals surface area contributed by atoms with Crippen molar-refractivity contribution in [1.29, 1.82) is 0 Å². The normalized spacial score (nSPS) is 15.4. The summed E-state index contributed by atoms with van der Waals surface area (Å²) in [6.07, 6.45) is 1.16. The third kappa shape index (κ3) is 4.00. The van der Waals surface area contributed by atoms with Crippen LogP contribution in [0.4, 0.5) is 4.39 Å². The van der Waals surface area contributed by atoms with E-state index in [0.717, 1.165) is 38.9 Å². The van der Waals surface area contributed by atoms with E-state index in [4.69, 9.17) is 5.73 Å². The number of H-pyrrole nitrogens is 1. The van der Waals surface area contributed by atoms with Crippen molar-refractivity contribution < 1.29 is 14.0 Å². The maximum atomic E-state index is 13.5. The summed E-state index contributed by atoms with van der Waals surface area (Å²) in [6.45, 7) is 0.376. The molecule has 0 radical (unpaired) electrons. The monoisotopic (exact) mass is 441 g/mol. The third-order valence-corrected chi connectivity index (χ3v) is 6.43. The SMILES string of the molecule is NC(=O)[C@H]1Cc2ccccc2CN1C(=O)CCc1c(-c2ccc(F)cc2)[nH]c2ccccc12. The number of nitrogens with zero attached hydrogens (tertiary/aromatic N) is 1. The molecule has 0 bridgehead atoms. The van der Waals surface area contributed by atoms with Crippen molar-refractivity contribution in [2.24, 2.45) is 5.73 Å². The predicted molar refractivity (Wildman–Crippen MR) is 126 cm³/mol. The number of nitrogens with one attached hydrogen (secondary N) is 1. The lowest BCUT2D eigenvalue weighted by Crippen LogP contribution is -2.51. The highest BCUT2D eigenvalue weighted by molar-refractivity contribution is 5.92. The van der Waals surface area contributed by atoms with Crippen molar-refractivity contribution in [3.05, 3.63) is 95.3 Å². The first-order chi connectivity index (χ1) is 16.0. The number of aromatic amines is 1. The number of aryl methyl sites for hydroxylation is 1. The molecule has 0 spiro atoms. The van der Waals surface area contributed by atoms with Crippen LogP contribution in [0.5, 0.6) is 0 Å². The molecule has 3 N–H and O–H groups in total. The van der Waals surface area contributed by atoms with E-state index in [1.165, 1.54) is 12.1 Å². The van der Waals surface area contributed by atoms with Gasteiger partial charge in [0.1, 0.15) is 11.9 Å². The number of carbonyl (C=O) groups excluding carboxylic acids is 2. The Morgan fingerprint density at radius 2 is 1.67 bits per heavy atom. The van der Waals surface area contributed by atoms with Crippen molar-refractivity contribution >= 4 is 22.7 Å². The summed E-state index contributed by atoms with van der Waals surface area (Å²) in [5, 5.41) is 1.03. The van der Waals surface area contributed by atoms with Crippen molar-refractivity contribution in [3.63, 3.8) is 0 Å². The molecule has 2 heterocycles. The molecule has 5 nitrogen and oxygen atoms in total. The highest BCUT2D eigenvalue weighted by atomic mass is 19.1. The molecule has 0 saturated heterocycles. The van der Waals surface area contributed by atoms with Gasteiger partial charge in [-0.3, -0.25) is 9.59 Å². The number of para-hydroxylation sites is 1. The summed E-state index contributed by atoms with van der Waals surface area (Å²) in [7, 11) is 0. The Morgan fingerprint density at radius 1 is 0.970 bits per heavy atom. The second-order valence-corrected chi connectivity index (χ2v) is 8.44. The molecule has 5 rings (SSSR count). The number of nitrogens with two attached hydrogens (primary N) is 1. The second-order valence-electron chi connectivity index (χ2n) is 8.44. The average Bonchev–Trinajstić information content (AvgIpc) is 3.20. The molecule has 4 aromatic rings. The quantitative estimate of drug-likeness (QED) is 0.483. The van der Waals surface area contributed by atoms with Crippen molar-refractivity contribution in [2.75, 3.05) is 0 Å². The van der Waals surface area contributed by atoms with E-state index in [2.05, 4.69) is 4.98 Å². The van der Waals surface area contributed by atoms with E-state index < -0.39 is 11.9 Å². The number of fused-ring (bicyclic) bond motifs is 2. The van der Waals surface area contributed by atoms with Crippen LogP contribution in [0.1, 0.15) is 23.1 Å². The fourth-order valence-corrected chi connectivity index (χ4v) is 4.74. The van der Waals surface area contributed by atoms with Gasteiger partial charge in [0.05, 0.1) is 0 Å². The predicted octanol–water partition coefficient (Wildman–Crippen LogP) is 4.35. The molecule has 1 aliphatic rings. The fourth-order valence-electron chi connectivity index (χ4n) is 4.74. The zero-order valence-corrected chi connectivity index (χ0v) is 18.1. The van der Waals surface area contributed by atoms with Crippen LogP contribution in [0.2, 0.25) is 0 Å². The van der Waals surface area contributed by atoms with Crippen molar-refractivity contribution in [1.82, 2.24) is 9.88 Å². The van der Waals surface area contributed by atoms with Crippen LogP contribution < -0.4 is 5.73 Å². The van der Waals surface area contributed by atoms with Crippen LogP contribution in [-0.2, 0) is 29.0 Å². The molecule has 1 atom stereocenters. The lowest BCUT2D eigenvalue weighted by molar-refractivity contribution is -0.140. The number of halogens is 1. The fraction of sp³-hybridized carbons (Fsp3) is 0.185. The number of rotatable bonds is 5. The molecule has 33 heavy (non-hydrogen) atoms. The summed E-state index contributed by atoms with van der Waals surface area (Å²) < 4.78 is 13.5. The minimum Gasteiger partial charge on any atom is -0.368 e. The topological polar surface area (TPSA) is 79.2 Å². The Hall–Kier alpha value is -3.93. The van der Waals surface area contributed by atoms with Gasteiger partial charge in [-0.05, 0) is 59.0 Å².